The van der Waals surface area contributed by atoms with Gasteiger partial charge in [-0.3, -0.25) is 4.79 Å². The number of nitrogens with zero attached hydrogens (tertiary/aromatic N) is 2. The summed E-state index contributed by atoms with van der Waals surface area (Å²) in [5.41, 5.74) is 1.13. The highest BCUT2D eigenvalue weighted by Gasteiger charge is 2.11. The van der Waals surface area contributed by atoms with Crippen molar-refractivity contribution < 1.29 is 13.7 Å². The Morgan fingerprint density at radius 2 is 1.92 bits per heavy atom. The van der Waals surface area contributed by atoms with Crippen molar-refractivity contribution in [1.82, 2.24) is 10.1 Å². The van der Waals surface area contributed by atoms with Crippen LogP contribution in [-0.2, 0) is 11.2 Å². The maximum Gasteiger partial charge on any atom is 0.226 e. The number of nitrogens with one attached hydrogen (secondary N) is 1. The highest BCUT2D eigenvalue weighted by Crippen LogP contribution is 2.25. The molecule has 0 unspecified atom stereocenters. The summed E-state index contributed by atoms with van der Waals surface area (Å²) >= 11 is 11.9. The predicted molar refractivity (Wildman–Crippen MR) is 97.7 cm³/mol. The Hall–Kier alpha value is -2.44. The first-order valence-corrected chi connectivity index (χ1v) is 8.60. The summed E-state index contributed by atoms with van der Waals surface area (Å²) in [6, 6.07) is 10.7. The van der Waals surface area contributed by atoms with E-state index in [4.69, 9.17) is 27.7 Å². The van der Waals surface area contributed by atoms with Gasteiger partial charge in [0, 0.05) is 23.4 Å². The van der Waals surface area contributed by atoms with Crippen LogP contribution in [-0.4, -0.2) is 16.0 Å². The van der Waals surface area contributed by atoms with Crippen LogP contribution in [0.5, 0.6) is 0 Å². The molecule has 3 aromatic rings. The molecule has 0 aliphatic heterocycles. The van der Waals surface area contributed by atoms with Gasteiger partial charge in [0.25, 0.3) is 0 Å². The first-order chi connectivity index (χ1) is 12.5. The van der Waals surface area contributed by atoms with Crippen LogP contribution in [0.15, 0.2) is 47.0 Å². The van der Waals surface area contributed by atoms with Gasteiger partial charge in [0.05, 0.1) is 10.7 Å². The lowest BCUT2D eigenvalue weighted by Gasteiger charge is -2.07. The topological polar surface area (TPSA) is 68.0 Å². The van der Waals surface area contributed by atoms with E-state index in [0.717, 1.165) is 0 Å². The molecule has 0 spiro atoms. The van der Waals surface area contributed by atoms with E-state index < -0.39 is 0 Å². The molecule has 0 aliphatic rings. The third-order valence-corrected chi connectivity index (χ3v) is 4.13. The van der Waals surface area contributed by atoms with Crippen molar-refractivity contribution in [2.75, 3.05) is 5.32 Å². The number of amides is 1. The Kier molecular flexibility index (Phi) is 5.85. The van der Waals surface area contributed by atoms with Gasteiger partial charge in [-0.25, -0.2) is 4.39 Å². The van der Waals surface area contributed by atoms with Crippen molar-refractivity contribution in [2.24, 2.45) is 0 Å². The van der Waals surface area contributed by atoms with Crippen LogP contribution in [0.1, 0.15) is 18.7 Å². The molecule has 0 saturated carbocycles. The molecule has 2 aromatic carbocycles. The minimum atomic E-state index is -0.330. The Labute approximate surface area is 159 Å². The number of hydrogen-bond donors (Lipinski definition) is 1. The SMILES string of the molecule is O=C(CCCc1nc(-c2ccc(F)cc2)no1)Nc1cc(Cl)ccc1Cl. The normalized spacial score (nSPS) is 10.7. The molecule has 0 radical (unpaired) electrons. The first-order valence-electron chi connectivity index (χ1n) is 7.85. The molecule has 1 heterocycles. The van der Waals surface area contributed by atoms with E-state index in [0.29, 0.717) is 45.9 Å². The minimum absolute atomic E-state index is 0.188. The Bertz CT molecular complexity index is 913. The van der Waals surface area contributed by atoms with Gasteiger partial charge in [0.15, 0.2) is 0 Å². The summed E-state index contributed by atoms with van der Waals surface area (Å²) in [6.07, 6.45) is 1.23. The number of carbonyl (C=O) groups excluding carboxylic acids is 1. The van der Waals surface area contributed by atoms with Gasteiger partial charge >= 0.3 is 0 Å². The van der Waals surface area contributed by atoms with E-state index in [9.17, 15) is 9.18 Å². The molecule has 0 fully saturated rings. The third-order valence-electron chi connectivity index (χ3n) is 3.57. The van der Waals surface area contributed by atoms with Crippen molar-refractivity contribution in [2.45, 2.75) is 19.3 Å². The second-order valence-corrected chi connectivity index (χ2v) is 6.39. The molecule has 5 nitrogen and oxygen atoms in total. The number of hydrogen-bond acceptors (Lipinski definition) is 4. The fraction of sp³-hybridized carbons (Fsp3) is 0.167. The smallest absolute Gasteiger partial charge is 0.226 e. The number of carbonyl (C=O) groups is 1. The lowest BCUT2D eigenvalue weighted by Crippen LogP contribution is -2.11. The zero-order chi connectivity index (χ0) is 18.5. The highest BCUT2D eigenvalue weighted by atomic mass is 35.5. The Balaban J connectivity index is 1.51. The number of aryl methyl sites for hydroxylation is 1. The van der Waals surface area contributed by atoms with Crippen molar-refractivity contribution in [1.29, 1.82) is 0 Å². The van der Waals surface area contributed by atoms with E-state index in [-0.39, 0.29) is 18.1 Å². The first kappa shape index (κ1) is 18.4. The van der Waals surface area contributed by atoms with Crippen LogP contribution in [0.3, 0.4) is 0 Å². The molecule has 1 aromatic heterocycles. The van der Waals surface area contributed by atoms with Gasteiger partial charge in [-0.1, -0.05) is 28.4 Å². The average molecular weight is 394 g/mol. The van der Waals surface area contributed by atoms with Gasteiger partial charge in [0.1, 0.15) is 5.82 Å². The van der Waals surface area contributed by atoms with E-state index in [1.54, 1.807) is 30.3 Å². The molecule has 0 saturated heterocycles. The maximum atomic E-state index is 12.9. The molecule has 3 rings (SSSR count). The summed E-state index contributed by atoms with van der Waals surface area (Å²) < 4.78 is 18.1. The van der Waals surface area contributed by atoms with Gasteiger partial charge in [-0.15, -0.1) is 0 Å². The second-order valence-electron chi connectivity index (χ2n) is 5.54. The van der Waals surface area contributed by atoms with Gasteiger partial charge in [0.2, 0.25) is 17.6 Å². The standard InChI is InChI=1S/C18H14Cl2FN3O2/c19-12-6-9-14(20)15(10-12)22-16(25)2-1-3-17-23-18(24-26-17)11-4-7-13(21)8-5-11/h4-10H,1-3H2,(H,22,25). The lowest BCUT2D eigenvalue weighted by atomic mass is 10.2. The quantitative estimate of drug-likeness (QED) is 0.628. The van der Waals surface area contributed by atoms with Crippen LogP contribution < -0.4 is 5.32 Å². The van der Waals surface area contributed by atoms with E-state index in [2.05, 4.69) is 15.5 Å². The van der Waals surface area contributed by atoms with Gasteiger partial charge < -0.3 is 9.84 Å². The Morgan fingerprint density at radius 3 is 2.69 bits per heavy atom. The van der Waals surface area contributed by atoms with Crippen molar-refractivity contribution in [3.63, 3.8) is 0 Å². The minimum Gasteiger partial charge on any atom is -0.339 e. The highest BCUT2D eigenvalue weighted by molar-refractivity contribution is 6.35. The van der Waals surface area contributed by atoms with E-state index in [1.807, 2.05) is 0 Å². The molecule has 0 aliphatic carbocycles. The van der Waals surface area contributed by atoms with Crippen LogP contribution in [0.2, 0.25) is 10.0 Å². The number of anilines is 1. The summed E-state index contributed by atoms with van der Waals surface area (Å²) in [5, 5.41) is 7.49. The molecule has 1 amide bonds. The van der Waals surface area contributed by atoms with Crippen LogP contribution in [0.25, 0.3) is 11.4 Å². The zero-order valence-corrected chi connectivity index (χ0v) is 15.0. The summed E-state index contributed by atoms with van der Waals surface area (Å²) in [4.78, 5) is 16.3. The summed E-state index contributed by atoms with van der Waals surface area (Å²) in [5.74, 6) is 0.281. The van der Waals surface area contributed by atoms with Gasteiger partial charge in [-0.2, -0.15) is 4.98 Å². The summed E-state index contributed by atoms with van der Waals surface area (Å²) in [7, 11) is 0. The monoisotopic (exact) mass is 393 g/mol. The number of aromatic nitrogens is 2. The second kappa shape index (κ2) is 8.29. The fourth-order valence-electron chi connectivity index (χ4n) is 2.28. The van der Waals surface area contributed by atoms with Gasteiger partial charge in [-0.05, 0) is 48.9 Å². The maximum absolute atomic E-state index is 12.9. The molecule has 134 valence electrons. The van der Waals surface area contributed by atoms with Crippen LogP contribution >= 0.6 is 23.2 Å². The molecular formula is C18H14Cl2FN3O2. The fourth-order valence-corrected chi connectivity index (χ4v) is 2.62. The number of halogens is 3. The zero-order valence-electron chi connectivity index (χ0n) is 13.5. The van der Waals surface area contributed by atoms with Crippen molar-refractivity contribution in [3.05, 3.63) is 64.2 Å². The molecule has 0 bridgehead atoms. The molecular weight excluding hydrogens is 380 g/mol. The number of rotatable bonds is 6. The third kappa shape index (κ3) is 4.80. The largest absolute Gasteiger partial charge is 0.339 e. The van der Waals surface area contributed by atoms with E-state index >= 15 is 0 Å². The Morgan fingerprint density at radius 1 is 1.15 bits per heavy atom. The predicted octanol–water partition coefficient (Wildman–Crippen LogP) is 5.14. The summed E-state index contributed by atoms with van der Waals surface area (Å²) in [6.45, 7) is 0. The van der Waals surface area contributed by atoms with Crippen molar-refractivity contribution in [3.8, 4) is 11.4 Å². The van der Waals surface area contributed by atoms with Crippen LogP contribution in [0.4, 0.5) is 10.1 Å². The molecule has 8 heteroatoms. The molecule has 26 heavy (non-hydrogen) atoms. The lowest BCUT2D eigenvalue weighted by molar-refractivity contribution is -0.116. The molecule has 1 N–H and O–H groups in total. The average Bonchev–Trinajstić information content (AvgIpc) is 3.08. The molecule has 0 atom stereocenters. The van der Waals surface area contributed by atoms with E-state index in [1.165, 1.54) is 12.1 Å². The number of benzene rings is 2. The van der Waals surface area contributed by atoms with Crippen LogP contribution in [0, 0.1) is 5.82 Å². The van der Waals surface area contributed by atoms with Crippen molar-refractivity contribution >= 4 is 34.8 Å².